The molecule has 11 aromatic rings. The summed E-state index contributed by atoms with van der Waals surface area (Å²) < 4.78 is 5.25. The molecule has 0 saturated carbocycles. The second-order valence-corrected chi connectivity index (χ2v) is 20.6. The van der Waals surface area contributed by atoms with E-state index < -0.39 is 0 Å². The summed E-state index contributed by atoms with van der Waals surface area (Å²) in [5, 5.41) is 3.86. The van der Waals surface area contributed by atoms with Crippen LogP contribution in [0.4, 0.5) is 51.2 Å². The summed E-state index contributed by atoms with van der Waals surface area (Å²) in [4.78, 5) is 7.56. The third kappa shape index (κ3) is 6.09. The van der Waals surface area contributed by atoms with Crippen molar-refractivity contribution >= 4 is 127 Å². The first-order valence-electron chi connectivity index (χ1n) is 22.8. The molecule has 0 bridgehead atoms. The second kappa shape index (κ2) is 15.1. The Hall–Kier alpha value is -7.38. The van der Waals surface area contributed by atoms with Crippen LogP contribution in [0.3, 0.4) is 0 Å². The molecule has 2 aliphatic rings. The molecular weight excluding hydrogens is 838 g/mol. The van der Waals surface area contributed by atoms with Crippen molar-refractivity contribution in [2.24, 2.45) is 0 Å². The zero-order chi connectivity index (χ0) is 44.1. The number of hydrogen-bond donors (Lipinski definition) is 0. The zero-order valence-electron chi connectivity index (χ0n) is 36.9. The lowest BCUT2D eigenvalue weighted by molar-refractivity contribution is 0.590. The number of para-hydroxylation sites is 2. The van der Waals surface area contributed by atoms with E-state index >= 15 is 0 Å². The molecule has 13 rings (SSSR count). The van der Waals surface area contributed by atoms with Crippen molar-refractivity contribution in [2.45, 2.75) is 26.2 Å². The van der Waals surface area contributed by atoms with Gasteiger partial charge in [0, 0.05) is 70.1 Å². The van der Waals surface area contributed by atoms with Gasteiger partial charge in [-0.1, -0.05) is 148 Å². The van der Waals surface area contributed by atoms with Crippen LogP contribution in [0.1, 0.15) is 26.3 Å². The van der Waals surface area contributed by atoms with Crippen molar-refractivity contribution < 1.29 is 0 Å². The van der Waals surface area contributed by atoms with Gasteiger partial charge in [-0.2, -0.15) is 0 Å². The molecule has 0 saturated heterocycles. The molecule has 314 valence electrons. The van der Waals surface area contributed by atoms with Crippen LogP contribution < -0.4 is 30.4 Å². The smallest absolute Gasteiger partial charge is 0.264 e. The molecule has 0 radical (unpaired) electrons. The molecule has 9 aromatic carbocycles. The van der Waals surface area contributed by atoms with Crippen LogP contribution in [0, 0.1) is 0 Å². The van der Waals surface area contributed by atoms with E-state index in [1.54, 1.807) is 0 Å². The van der Waals surface area contributed by atoms with Gasteiger partial charge in [-0.25, -0.2) is 0 Å². The lowest BCUT2D eigenvalue weighted by Gasteiger charge is -2.43. The molecule has 6 heteroatoms. The van der Waals surface area contributed by atoms with Crippen molar-refractivity contribution in [3.05, 3.63) is 218 Å². The van der Waals surface area contributed by atoms with E-state index in [2.05, 4.69) is 248 Å². The van der Waals surface area contributed by atoms with Gasteiger partial charge in [-0.3, -0.25) is 0 Å². The summed E-state index contributed by atoms with van der Waals surface area (Å²) in [5.74, 6) is 0. The van der Waals surface area contributed by atoms with Gasteiger partial charge < -0.3 is 14.7 Å². The van der Waals surface area contributed by atoms with Gasteiger partial charge in [-0.05, 0) is 118 Å². The Kier molecular flexibility index (Phi) is 8.93. The SMILES string of the molecule is CC(C)(C)c1ccc(N2c3cccc4c3B(c3ccc(N(c5ccccc5)c5ccccc5)cc3N4c3cccc4c3sc3ccccc34)c3sc4ccc(-c5ccccc5)cc4c32)cc1. The molecule has 2 aromatic heterocycles. The van der Waals surface area contributed by atoms with Crippen LogP contribution in [0.15, 0.2) is 212 Å². The minimum absolute atomic E-state index is 0.00214. The number of hydrogen-bond acceptors (Lipinski definition) is 5. The van der Waals surface area contributed by atoms with E-state index in [0.29, 0.717) is 0 Å². The Balaban J connectivity index is 1.11. The monoisotopic (exact) mass is 881 g/mol. The quantitative estimate of drug-likeness (QED) is 0.154. The lowest BCUT2D eigenvalue weighted by atomic mass is 9.36. The highest BCUT2D eigenvalue weighted by atomic mass is 32.1. The van der Waals surface area contributed by atoms with Crippen molar-refractivity contribution in [1.29, 1.82) is 0 Å². The molecule has 0 spiro atoms. The Bertz CT molecular complexity index is 3610. The van der Waals surface area contributed by atoms with Crippen molar-refractivity contribution in [3.8, 4) is 11.1 Å². The molecule has 3 nitrogen and oxygen atoms in total. The molecule has 0 unspecified atom stereocenters. The van der Waals surface area contributed by atoms with Gasteiger partial charge in [0.2, 0.25) is 0 Å². The van der Waals surface area contributed by atoms with Crippen LogP contribution in [0.25, 0.3) is 41.4 Å². The van der Waals surface area contributed by atoms with Gasteiger partial charge >= 0.3 is 0 Å². The van der Waals surface area contributed by atoms with Gasteiger partial charge in [0.25, 0.3) is 6.71 Å². The summed E-state index contributed by atoms with van der Waals surface area (Å²) >= 11 is 3.84. The van der Waals surface area contributed by atoms with E-state index in [0.717, 1.165) is 17.1 Å². The summed E-state index contributed by atoms with van der Waals surface area (Å²) in [5.41, 5.74) is 17.1. The summed E-state index contributed by atoms with van der Waals surface area (Å²) in [6.07, 6.45) is 0. The van der Waals surface area contributed by atoms with Crippen molar-refractivity contribution in [3.63, 3.8) is 0 Å². The van der Waals surface area contributed by atoms with E-state index in [-0.39, 0.29) is 12.1 Å². The number of fused-ring (bicyclic) bond motifs is 9. The molecular formula is C60H44BN3S2. The standard InChI is InChI=1S/C60H44BN3S2/c1-60(2,3)41-30-32-44(33-31-41)63-50-25-16-26-51-56(50)61(59-57(63)48-37-40(29-36-55(48)66-59)39-17-7-4-8-18-39)49-35-34-45(62(42-19-9-5-10-20-42)43-21-11-6-12-22-43)38-53(49)64(51)52-27-15-24-47-46-23-13-14-28-54(46)65-58(47)52/h4-38H,1-3H3. The highest BCUT2D eigenvalue weighted by Gasteiger charge is 2.45. The zero-order valence-corrected chi connectivity index (χ0v) is 38.6. The van der Waals surface area contributed by atoms with Gasteiger partial charge in [0.15, 0.2) is 0 Å². The number of thiophene rings is 2. The fraction of sp³-hybridized carbons (Fsp3) is 0.0667. The lowest BCUT2D eigenvalue weighted by Crippen LogP contribution is -2.60. The number of benzene rings is 9. The van der Waals surface area contributed by atoms with E-state index in [1.165, 1.54) is 96.8 Å². The first-order chi connectivity index (χ1) is 32.4. The molecule has 0 fully saturated rings. The minimum atomic E-state index is -0.00214. The molecule has 0 N–H and O–H groups in total. The third-order valence-corrected chi connectivity index (χ3v) is 16.0. The van der Waals surface area contributed by atoms with Crippen LogP contribution >= 0.6 is 22.7 Å². The molecule has 2 aliphatic heterocycles. The fourth-order valence-corrected chi connectivity index (χ4v) is 13.0. The molecule has 0 amide bonds. The summed E-state index contributed by atoms with van der Waals surface area (Å²) in [6.45, 7) is 6.89. The highest BCUT2D eigenvalue weighted by Crippen LogP contribution is 2.51. The van der Waals surface area contributed by atoms with Crippen LogP contribution in [-0.2, 0) is 5.41 Å². The maximum absolute atomic E-state index is 2.59. The predicted octanol–water partition coefficient (Wildman–Crippen LogP) is 15.8. The van der Waals surface area contributed by atoms with Crippen molar-refractivity contribution in [1.82, 2.24) is 0 Å². The number of nitrogens with zero attached hydrogens (tertiary/aromatic N) is 3. The Morgan fingerprint density at radius 1 is 0.439 bits per heavy atom. The Morgan fingerprint density at radius 2 is 1.06 bits per heavy atom. The molecule has 0 atom stereocenters. The average molecular weight is 882 g/mol. The van der Waals surface area contributed by atoms with Crippen LogP contribution in [0.5, 0.6) is 0 Å². The largest absolute Gasteiger partial charge is 0.310 e. The van der Waals surface area contributed by atoms with Crippen LogP contribution in [-0.4, -0.2) is 6.71 Å². The first-order valence-corrected chi connectivity index (χ1v) is 24.4. The number of rotatable bonds is 6. The van der Waals surface area contributed by atoms with Gasteiger partial charge in [0.05, 0.1) is 16.1 Å². The number of anilines is 9. The van der Waals surface area contributed by atoms with Crippen LogP contribution in [0.2, 0.25) is 0 Å². The molecule has 0 aliphatic carbocycles. The second-order valence-electron chi connectivity index (χ2n) is 18.5. The average Bonchev–Trinajstić information content (AvgIpc) is 3.94. The summed E-state index contributed by atoms with van der Waals surface area (Å²) in [7, 11) is 0. The van der Waals surface area contributed by atoms with Crippen molar-refractivity contribution in [2.75, 3.05) is 14.7 Å². The third-order valence-electron chi connectivity index (χ3n) is 13.6. The van der Waals surface area contributed by atoms with E-state index in [4.69, 9.17) is 0 Å². The highest BCUT2D eigenvalue weighted by molar-refractivity contribution is 7.33. The molecule has 4 heterocycles. The molecule has 66 heavy (non-hydrogen) atoms. The Morgan fingerprint density at radius 3 is 1.79 bits per heavy atom. The maximum Gasteiger partial charge on any atom is 0.264 e. The first kappa shape index (κ1) is 39.0. The van der Waals surface area contributed by atoms with Gasteiger partial charge in [0.1, 0.15) is 0 Å². The van der Waals surface area contributed by atoms with Gasteiger partial charge in [-0.15, -0.1) is 22.7 Å². The summed E-state index contributed by atoms with van der Waals surface area (Å²) in [6, 6.07) is 78.8. The topological polar surface area (TPSA) is 9.72 Å². The van der Waals surface area contributed by atoms with E-state index in [1.807, 2.05) is 22.7 Å². The van der Waals surface area contributed by atoms with E-state index in [9.17, 15) is 0 Å². The normalized spacial score (nSPS) is 13.0. The minimum Gasteiger partial charge on any atom is -0.310 e. The maximum atomic E-state index is 2.59. The fourth-order valence-electron chi connectivity index (χ4n) is 10.5. The Labute approximate surface area is 394 Å². The predicted molar refractivity (Wildman–Crippen MR) is 288 cm³/mol.